The van der Waals surface area contributed by atoms with Gasteiger partial charge in [-0.15, -0.1) is 0 Å². The van der Waals surface area contributed by atoms with E-state index in [-0.39, 0.29) is 17.2 Å². The van der Waals surface area contributed by atoms with Crippen molar-refractivity contribution in [1.29, 1.82) is 0 Å². The molecule has 0 bridgehead atoms. The summed E-state index contributed by atoms with van der Waals surface area (Å²) in [6.45, 7) is 3.63. The van der Waals surface area contributed by atoms with Crippen LogP contribution in [0.1, 0.15) is 11.3 Å². The minimum Gasteiger partial charge on any atom is -0.495 e. The van der Waals surface area contributed by atoms with E-state index in [9.17, 15) is 9.59 Å². The number of methoxy groups -OCH3 is 1. The van der Waals surface area contributed by atoms with Crippen LogP contribution in [0.5, 0.6) is 5.75 Å². The highest BCUT2D eigenvalue weighted by Gasteiger charge is 2.14. The normalized spacial score (nSPS) is 10.6. The molecule has 0 atom stereocenters. The number of carbonyl (C=O) groups is 1. The molecule has 1 aromatic heterocycles. The minimum absolute atomic E-state index is 0.0812. The number of aromatic nitrogens is 2. The van der Waals surface area contributed by atoms with Crippen LogP contribution in [0.2, 0.25) is 5.02 Å². The number of nitrogens with zero attached hydrogens (tertiary/aromatic N) is 1. The highest BCUT2D eigenvalue weighted by Crippen LogP contribution is 2.31. The molecule has 6 nitrogen and oxygen atoms in total. The van der Waals surface area contributed by atoms with Gasteiger partial charge in [0.05, 0.1) is 29.8 Å². The Kier molecular flexibility index (Phi) is 6.61. The number of H-pyrrole nitrogens is 1. The molecule has 1 heterocycles. The zero-order chi connectivity index (χ0) is 21.0. The predicted molar refractivity (Wildman–Crippen MR) is 117 cm³/mol. The summed E-state index contributed by atoms with van der Waals surface area (Å²) in [5.41, 5.74) is 3.07. The van der Waals surface area contributed by atoms with Gasteiger partial charge in [-0.2, -0.15) is 0 Å². The molecule has 150 valence electrons. The van der Waals surface area contributed by atoms with E-state index in [1.807, 2.05) is 37.3 Å². The summed E-state index contributed by atoms with van der Waals surface area (Å²) >= 11 is 7.25. The summed E-state index contributed by atoms with van der Waals surface area (Å²) in [4.78, 5) is 32.1. The summed E-state index contributed by atoms with van der Waals surface area (Å²) in [5, 5.41) is 3.75. The number of halogens is 1. The Bertz CT molecular complexity index is 1100. The van der Waals surface area contributed by atoms with Crippen LogP contribution in [-0.2, 0) is 4.79 Å². The van der Waals surface area contributed by atoms with Crippen molar-refractivity contribution in [2.45, 2.75) is 19.0 Å². The Morgan fingerprint density at radius 1 is 1.24 bits per heavy atom. The monoisotopic (exact) mass is 429 g/mol. The van der Waals surface area contributed by atoms with Gasteiger partial charge in [0, 0.05) is 11.1 Å². The number of anilines is 1. The molecular formula is C21H20ClN3O3S. The molecule has 0 aliphatic rings. The van der Waals surface area contributed by atoms with E-state index >= 15 is 0 Å². The van der Waals surface area contributed by atoms with E-state index in [0.717, 1.165) is 22.9 Å². The van der Waals surface area contributed by atoms with Crippen molar-refractivity contribution in [1.82, 2.24) is 9.97 Å². The van der Waals surface area contributed by atoms with Gasteiger partial charge in [-0.25, -0.2) is 4.98 Å². The number of hydrogen-bond acceptors (Lipinski definition) is 5. The molecule has 0 saturated heterocycles. The Labute approximate surface area is 177 Å². The van der Waals surface area contributed by atoms with Crippen LogP contribution in [0.3, 0.4) is 0 Å². The van der Waals surface area contributed by atoms with E-state index in [1.54, 1.807) is 19.1 Å². The highest BCUT2D eigenvalue weighted by atomic mass is 35.5. The van der Waals surface area contributed by atoms with Crippen molar-refractivity contribution in [3.8, 4) is 16.9 Å². The Balaban J connectivity index is 1.71. The lowest BCUT2D eigenvalue weighted by atomic mass is 10.1. The lowest BCUT2D eigenvalue weighted by molar-refractivity contribution is -0.113. The smallest absolute Gasteiger partial charge is 0.259 e. The van der Waals surface area contributed by atoms with Gasteiger partial charge < -0.3 is 15.0 Å². The van der Waals surface area contributed by atoms with Crippen molar-refractivity contribution in [3.63, 3.8) is 0 Å². The van der Waals surface area contributed by atoms with Gasteiger partial charge in [-0.1, -0.05) is 53.7 Å². The number of amides is 1. The molecule has 2 N–H and O–H groups in total. The molecule has 3 aromatic rings. The van der Waals surface area contributed by atoms with Crippen LogP contribution < -0.4 is 15.6 Å². The van der Waals surface area contributed by atoms with Crippen molar-refractivity contribution >= 4 is 35.0 Å². The van der Waals surface area contributed by atoms with Gasteiger partial charge >= 0.3 is 0 Å². The van der Waals surface area contributed by atoms with Crippen LogP contribution in [0.4, 0.5) is 5.69 Å². The van der Waals surface area contributed by atoms with Crippen LogP contribution in [0.25, 0.3) is 11.1 Å². The number of benzene rings is 2. The number of aromatic amines is 1. The quantitative estimate of drug-likeness (QED) is 0.446. The molecule has 0 spiro atoms. The number of aryl methyl sites for hydroxylation is 2. The molecule has 2 aromatic carbocycles. The zero-order valence-corrected chi connectivity index (χ0v) is 17.8. The first-order chi connectivity index (χ1) is 13.9. The second-order valence-corrected chi connectivity index (χ2v) is 7.71. The molecule has 8 heteroatoms. The van der Waals surface area contributed by atoms with E-state index < -0.39 is 0 Å². The maximum absolute atomic E-state index is 12.5. The second-order valence-electron chi connectivity index (χ2n) is 6.34. The summed E-state index contributed by atoms with van der Waals surface area (Å²) in [6.07, 6.45) is 0. The number of ether oxygens (including phenoxy) is 1. The van der Waals surface area contributed by atoms with Crippen LogP contribution in [0.15, 0.2) is 52.4 Å². The molecule has 3 rings (SSSR count). The first-order valence-electron chi connectivity index (χ1n) is 8.82. The molecule has 1 amide bonds. The maximum atomic E-state index is 12.5. The van der Waals surface area contributed by atoms with Crippen LogP contribution >= 0.6 is 23.4 Å². The zero-order valence-electron chi connectivity index (χ0n) is 16.2. The topological polar surface area (TPSA) is 84.1 Å². The summed E-state index contributed by atoms with van der Waals surface area (Å²) in [5.74, 6) is 0.314. The number of hydrogen-bond donors (Lipinski definition) is 2. The Hall–Kier alpha value is -2.77. The van der Waals surface area contributed by atoms with Crippen LogP contribution in [0, 0.1) is 13.8 Å². The number of nitrogens with one attached hydrogen (secondary N) is 2. The average molecular weight is 430 g/mol. The van der Waals surface area contributed by atoms with Gasteiger partial charge in [0.1, 0.15) is 5.75 Å². The summed E-state index contributed by atoms with van der Waals surface area (Å²) in [7, 11) is 1.51. The third-order valence-corrected chi connectivity index (χ3v) is 5.52. The lowest BCUT2D eigenvalue weighted by Gasteiger charge is -2.12. The van der Waals surface area contributed by atoms with Crippen LogP contribution in [-0.4, -0.2) is 28.7 Å². The number of rotatable bonds is 6. The van der Waals surface area contributed by atoms with Crippen molar-refractivity contribution in [3.05, 3.63) is 69.1 Å². The molecule has 0 aliphatic heterocycles. The molecular weight excluding hydrogens is 410 g/mol. The fourth-order valence-electron chi connectivity index (χ4n) is 2.82. The average Bonchev–Trinajstić information content (AvgIpc) is 2.69. The van der Waals surface area contributed by atoms with Crippen molar-refractivity contribution in [2.75, 3.05) is 18.2 Å². The van der Waals surface area contributed by atoms with E-state index in [4.69, 9.17) is 16.3 Å². The van der Waals surface area contributed by atoms with Gasteiger partial charge in [-0.05, 0) is 31.0 Å². The molecule has 29 heavy (non-hydrogen) atoms. The fraction of sp³-hybridized carbons (Fsp3) is 0.190. The molecule has 0 aliphatic carbocycles. The van der Waals surface area contributed by atoms with Crippen molar-refractivity contribution in [2.24, 2.45) is 0 Å². The van der Waals surface area contributed by atoms with E-state index in [0.29, 0.717) is 32.9 Å². The first kappa shape index (κ1) is 21.0. The van der Waals surface area contributed by atoms with Crippen molar-refractivity contribution < 1.29 is 9.53 Å². The van der Waals surface area contributed by atoms with Gasteiger partial charge in [-0.3, -0.25) is 9.59 Å². The van der Waals surface area contributed by atoms with Gasteiger partial charge in [0.2, 0.25) is 5.91 Å². The van der Waals surface area contributed by atoms with E-state index in [2.05, 4.69) is 15.3 Å². The Morgan fingerprint density at radius 2 is 1.97 bits per heavy atom. The summed E-state index contributed by atoms with van der Waals surface area (Å²) in [6, 6.07) is 12.8. The maximum Gasteiger partial charge on any atom is 0.259 e. The number of thioether (sulfide) groups is 1. The lowest BCUT2D eigenvalue weighted by Crippen LogP contribution is -2.17. The fourth-order valence-corrected chi connectivity index (χ4v) is 3.68. The molecule has 0 unspecified atom stereocenters. The molecule has 0 fully saturated rings. The molecule has 0 radical (unpaired) electrons. The number of carbonyl (C=O) groups excluding carboxylic acids is 1. The predicted octanol–water partition coefficient (Wildman–Crippen LogP) is 4.45. The van der Waals surface area contributed by atoms with E-state index in [1.165, 1.54) is 7.11 Å². The minimum atomic E-state index is -0.248. The SMILES string of the molecule is COc1cc(Cl)c(C)cc1NC(=O)CSc1nc(C)c(-c2ccccc2)c(=O)[nH]1. The standard InChI is InChI=1S/C21H20ClN3O3S/c1-12-9-16(17(28-3)10-15(12)22)24-18(26)11-29-21-23-13(2)19(20(27)25-21)14-7-5-4-6-8-14/h4-10H,11H2,1-3H3,(H,24,26)(H,23,25,27). The summed E-state index contributed by atoms with van der Waals surface area (Å²) < 4.78 is 5.27. The highest BCUT2D eigenvalue weighted by molar-refractivity contribution is 7.99. The Morgan fingerprint density at radius 3 is 2.62 bits per heavy atom. The third-order valence-electron chi connectivity index (χ3n) is 4.24. The second kappa shape index (κ2) is 9.15. The third kappa shape index (κ3) is 4.99. The van der Waals surface area contributed by atoms with Gasteiger partial charge in [0.25, 0.3) is 5.56 Å². The first-order valence-corrected chi connectivity index (χ1v) is 10.2. The molecule has 0 saturated carbocycles. The largest absolute Gasteiger partial charge is 0.495 e. The van der Waals surface area contributed by atoms with Gasteiger partial charge in [0.15, 0.2) is 5.16 Å².